The lowest BCUT2D eigenvalue weighted by atomic mass is 10.2. The summed E-state index contributed by atoms with van der Waals surface area (Å²) in [5.74, 6) is -1.34. The second-order valence-corrected chi connectivity index (χ2v) is 6.55. The minimum atomic E-state index is -0.708. The van der Waals surface area contributed by atoms with E-state index in [4.69, 9.17) is 9.47 Å². The maximum absolute atomic E-state index is 11.7. The van der Waals surface area contributed by atoms with E-state index in [9.17, 15) is 14.4 Å². The molecule has 1 aromatic heterocycles. The molecule has 8 heteroatoms. The Labute approximate surface area is 156 Å². The molecule has 130 valence electrons. The number of halogens is 1. The van der Waals surface area contributed by atoms with Crippen LogP contribution in [-0.2, 0) is 14.3 Å². The molecule has 0 saturated carbocycles. The van der Waals surface area contributed by atoms with Gasteiger partial charge in [0.2, 0.25) is 0 Å². The molecule has 0 spiro atoms. The molecular weight excluding hydrogens is 410 g/mol. The van der Waals surface area contributed by atoms with Gasteiger partial charge in [0.25, 0.3) is 11.8 Å². The third-order valence-electron chi connectivity index (χ3n) is 2.93. The fraction of sp³-hybridized carbons (Fsp3) is 0.118. The van der Waals surface area contributed by atoms with E-state index in [1.807, 2.05) is 6.07 Å². The Hall–Kier alpha value is -2.45. The van der Waals surface area contributed by atoms with Gasteiger partial charge in [0.15, 0.2) is 6.61 Å². The van der Waals surface area contributed by atoms with Gasteiger partial charge >= 0.3 is 5.97 Å². The fourth-order valence-electron chi connectivity index (χ4n) is 1.81. The molecule has 0 radical (unpaired) electrons. The number of carbonyl (C=O) groups excluding carboxylic acids is 3. The number of amides is 2. The van der Waals surface area contributed by atoms with E-state index in [-0.39, 0.29) is 0 Å². The molecular formula is C17H14BrNO5S. The average molecular weight is 424 g/mol. The summed E-state index contributed by atoms with van der Waals surface area (Å²) in [6, 6.07) is 8.62. The van der Waals surface area contributed by atoms with E-state index in [1.54, 1.807) is 29.6 Å². The van der Waals surface area contributed by atoms with Crippen LogP contribution in [0, 0.1) is 0 Å². The third kappa shape index (κ3) is 5.84. The largest absolute Gasteiger partial charge is 0.496 e. The van der Waals surface area contributed by atoms with Gasteiger partial charge in [-0.1, -0.05) is 22.0 Å². The van der Waals surface area contributed by atoms with Crippen molar-refractivity contribution < 1.29 is 23.9 Å². The summed E-state index contributed by atoms with van der Waals surface area (Å²) in [7, 11) is 1.52. The van der Waals surface area contributed by atoms with Crippen molar-refractivity contribution in [2.24, 2.45) is 0 Å². The minimum absolute atomic E-state index is 0.404. The van der Waals surface area contributed by atoms with Crippen LogP contribution in [0.4, 0.5) is 0 Å². The van der Waals surface area contributed by atoms with Crippen molar-refractivity contribution in [1.29, 1.82) is 0 Å². The quantitative estimate of drug-likeness (QED) is 0.570. The first-order chi connectivity index (χ1) is 12.0. The molecule has 0 aliphatic heterocycles. The number of carbonyl (C=O) groups is 3. The summed E-state index contributed by atoms with van der Waals surface area (Å²) >= 11 is 4.54. The highest BCUT2D eigenvalue weighted by molar-refractivity contribution is 9.10. The van der Waals surface area contributed by atoms with Gasteiger partial charge in [-0.05, 0) is 35.7 Å². The van der Waals surface area contributed by atoms with Crippen molar-refractivity contribution in [2.75, 3.05) is 13.7 Å². The molecule has 2 rings (SSSR count). The standard InChI is InChI=1S/C17H14BrNO5S/c1-23-13-6-5-12(18)9-11(13)4-7-16(21)24-10-15(20)19-17(22)14-3-2-8-25-14/h2-9H,10H2,1H3,(H,19,20,22)/b7-4+. The number of methoxy groups -OCH3 is 1. The summed E-state index contributed by atoms with van der Waals surface area (Å²) in [4.78, 5) is 35.4. The first kappa shape index (κ1) is 18.9. The van der Waals surface area contributed by atoms with Crippen LogP contribution in [0.15, 0.2) is 46.3 Å². The monoisotopic (exact) mass is 423 g/mol. The van der Waals surface area contributed by atoms with E-state index in [0.29, 0.717) is 16.2 Å². The molecule has 2 amide bonds. The Kier molecular flexibility index (Phi) is 6.91. The van der Waals surface area contributed by atoms with Crippen molar-refractivity contribution in [2.45, 2.75) is 0 Å². The van der Waals surface area contributed by atoms with Crippen molar-refractivity contribution in [3.8, 4) is 5.75 Å². The fourth-order valence-corrected chi connectivity index (χ4v) is 2.81. The van der Waals surface area contributed by atoms with E-state index in [1.165, 1.54) is 30.6 Å². The van der Waals surface area contributed by atoms with Crippen LogP contribution in [0.1, 0.15) is 15.2 Å². The second-order valence-electron chi connectivity index (χ2n) is 4.68. The Balaban J connectivity index is 1.85. The Morgan fingerprint density at radius 3 is 2.76 bits per heavy atom. The maximum Gasteiger partial charge on any atom is 0.331 e. The van der Waals surface area contributed by atoms with Crippen LogP contribution >= 0.6 is 27.3 Å². The summed E-state index contributed by atoms with van der Waals surface area (Å²) in [6.45, 7) is -0.546. The predicted octanol–water partition coefficient (Wildman–Crippen LogP) is 3.03. The number of rotatable bonds is 6. The highest BCUT2D eigenvalue weighted by Gasteiger charge is 2.12. The molecule has 0 aliphatic carbocycles. The number of imide groups is 1. The van der Waals surface area contributed by atoms with E-state index in [0.717, 1.165) is 4.47 Å². The molecule has 1 heterocycles. The number of hydrogen-bond donors (Lipinski definition) is 1. The van der Waals surface area contributed by atoms with Crippen LogP contribution < -0.4 is 10.1 Å². The molecule has 1 aromatic carbocycles. The first-order valence-electron chi connectivity index (χ1n) is 7.05. The highest BCUT2D eigenvalue weighted by atomic mass is 79.9. The summed E-state index contributed by atoms with van der Waals surface area (Å²) in [5.41, 5.74) is 0.672. The number of benzene rings is 1. The first-order valence-corrected chi connectivity index (χ1v) is 8.73. The van der Waals surface area contributed by atoms with Gasteiger partial charge in [-0.15, -0.1) is 11.3 Å². The van der Waals surface area contributed by atoms with Crippen LogP contribution in [0.2, 0.25) is 0 Å². The molecule has 1 N–H and O–H groups in total. The lowest BCUT2D eigenvalue weighted by Gasteiger charge is -2.05. The van der Waals surface area contributed by atoms with Crippen LogP contribution in [0.5, 0.6) is 5.75 Å². The van der Waals surface area contributed by atoms with Crippen molar-refractivity contribution in [1.82, 2.24) is 5.32 Å². The Bertz CT molecular complexity index is 801. The van der Waals surface area contributed by atoms with Gasteiger partial charge in [0, 0.05) is 16.1 Å². The molecule has 2 aromatic rings. The van der Waals surface area contributed by atoms with Gasteiger partial charge in [-0.3, -0.25) is 14.9 Å². The van der Waals surface area contributed by atoms with E-state index in [2.05, 4.69) is 21.2 Å². The molecule has 0 bridgehead atoms. The van der Waals surface area contributed by atoms with Crippen LogP contribution in [-0.4, -0.2) is 31.5 Å². The molecule has 0 saturated heterocycles. The molecule has 25 heavy (non-hydrogen) atoms. The van der Waals surface area contributed by atoms with Gasteiger partial charge in [0.1, 0.15) is 5.75 Å². The highest BCUT2D eigenvalue weighted by Crippen LogP contribution is 2.24. The molecule has 0 fully saturated rings. The normalized spacial score (nSPS) is 10.5. The Morgan fingerprint density at radius 2 is 2.08 bits per heavy atom. The zero-order valence-corrected chi connectivity index (χ0v) is 15.6. The lowest BCUT2D eigenvalue weighted by molar-refractivity contribution is -0.143. The van der Waals surface area contributed by atoms with Gasteiger partial charge in [0.05, 0.1) is 12.0 Å². The maximum atomic E-state index is 11.7. The van der Waals surface area contributed by atoms with Crippen molar-refractivity contribution in [3.05, 3.63) is 56.7 Å². The predicted molar refractivity (Wildman–Crippen MR) is 97.5 cm³/mol. The van der Waals surface area contributed by atoms with Gasteiger partial charge in [-0.25, -0.2) is 4.79 Å². The zero-order valence-electron chi connectivity index (χ0n) is 13.2. The summed E-state index contributed by atoms with van der Waals surface area (Å²) < 4.78 is 10.8. The van der Waals surface area contributed by atoms with E-state index >= 15 is 0 Å². The molecule has 0 unspecified atom stereocenters. The average Bonchev–Trinajstić information content (AvgIpc) is 3.13. The number of thiophene rings is 1. The number of ether oxygens (including phenoxy) is 2. The summed E-state index contributed by atoms with van der Waals surface area (Å²) in [6.07, 6.45) is 2.69. The Morgan fingerprint density at radius 1 is 1.28 bits per heavy atom. The van der Waals surface area contributed by atoms with Gasteiger partial charge < -0.3 is 9.47 Å². The lowest BCUT2D eigenvalue weighted by Crippen LogP contribution is -2.33. The third-order valence-corrected chi connectivity index (χ3v) is 4.30. The zero-order chi connectivity index (χ0) is 18.2. The summed E-state index contributed by atoms with van der Waals surface area (Å²) in [5, 5.41) is 3.86. The topological polar surface area (TPSA) is 81.7 Å². The SMILES string of the molecule is COc1ccc(Br)cc1/C=C/C(=O)OCC(=O)NC(=O)c1cccs1. The second kappa shape index (κ2) is 9.14. The van der Waals surface area contributed by atoms with Gasteiger partial charge in [-0.2, -0.15) is 0 Å². The molecule has 0 atom stereocenters. The number of nitrogens with one attached hydrogen (secondary N) is 1. The molecule has 0 aliphatic rings. The molecule has 6 nitrogen and oxygen atoms in total. The number of esters is 1. The van der Waals surface area contributed by atoms with Crippen molar-refractivity contribution in [3.63, 3.8) is 0 Å². The number of hydrogen-bond acceptors (Lipinski definition) is 6. The van der Waals surface area contributed by atoms with Crippen LogP contribution in [0.25, 0.3) is 6.08 Å². The van der Waals surface area contributed by atoms with E-state index < -0.39 is 24.4 Å². The minimum Gasteiger partial charge on any atom is -0.496 e. The smallest absolute Gasteiger partial charge is 0.331 e. The van der Waals surface area contributed by atoms with Crippen LogP contribution in [0.3, 0.4) is 0 Å². The van der Waals surface area contributed by atoms with Crippen molar-refractivity contribution >= 4 is 51.1 Å².